The number of nitrogens with two attached hydrogens (primary N) is 1. The lowest BCUT2D eigenvalue weighted by atomic mass is 9.97. The normalized spacial score (nSPS) is 12.8. The van der Waals surface area contributed by atoms with Gasteiger partial charge in [-0.05, 0) is 24.8 Å². The molecule has 0 spiro atoms. The fraction of sp³-hybridized carbons (Fsp3) is 0.500. The Kier molecular flexibility index (Phi) is 4.01. The fourth-order valence-electron chi connectivity index (χ4n) is 1.73. The molecule has 1 rings (SSSR count). The first-order valence-corrected chi connectivity index (χ1v) is 5.44. The Balaban J connectivity index is 3.12. The van der Waals surface area contributed by atoms with Crippen molar-refractivity contribution in [1.82, 2.24) is 0 Å². The number of nitro groups is 1. The molecule has 0 radical (unpaired) electrons. The van der Waals surface area contributed by atoms with Gasteiger partial charge in [-0.2, -0.15) is 0 Å². The van der Waals surface area contributed by atoms with Crippen LogP contribution < -0.4 is 5.73 Å². The first-order chi connectivity index (χ1) is 7.41. The highest BCUT2D eigenvalue weighted by molar-refractivity contribution is 5.45. The quantitative estimate of drug-likeness (QED) is 0.628. The zero-order valence-electron chi connectivity index (χ0n) is 9.93. The topological polar surface area (TPSA) is 69.2 Å². The van der Waals surface area contributed by atoms with Crippen LogP contribution in [0.15, 0.2) is 18.2 Å². The zero-order chi connectivity index (χ0) is 12.3. The maximum atomic E-state index is 10.9. The van der Waals surface area contributed by atoms with Gasteiger partial charge in [0, 0.05) is 17.7 Å². The van der Waals surface area contributed by atoms with E-state index in [0.29, 0.717) is 6.42 Å². The number of hydrogen-bond donors (Lipinski definition) is 1. The van der Waals surface area contributed by atoms with Crippen LogP contribution >= 0.6 is 0 Å². The smallest absolute Gasteiger partial charge is 0.273 e. The average Bonchev–Trinajstić information content (AvgIpc) is 2.16. The second-order valence-corrected chi connectivity index (χ2v) is 4.49. The van der Waals surface area contributed by atoms with E-state index in [1.54, 1.807) is 6.07 Å². The van der Waals surface area contributed by atoms with Crippen molar-refractivity contribution in [1.29, 1.82) is 0 Å². The molecule has 1 aromatic rings. The second-order valence-electron chi connectivity index (χ2n) is 4.49. The monoisotopic (exact) mass is 222 g/mol. The van der Waals surface area contributed by atoms with E-state index >= 15 is 0 Å². The summed E-state index contributed by atoms with van der Waals surface area (Å²) in [6, 6.07) is 5.41. The average molecular weight is 222 g/mol. The first-order valence-electron chi connectivity index (χ1n) is 5.44. The van der Waals surface area contributed by atoms with Gasteiger partial charge in [-0.3, -0.25) is 10.1 Å². The van der Waals surface area contributed by atoms with Gasteiger partial charge in [0.15, 0.2) is 0 Å². The Hall–Kier alpha value is -1.42. The van der Waals surface area contributed by atoms with Gasteiger partial charge >= 0.3 is 0 Å². The summed E-state index contributed by atoms with van der Waals surface area (Å²) in [5, 5.41) is 10.9. The van der Waals surface area contributed by atoms with Gasteiger partial charge in [-0.1, -0.05) is 26.0 Å². The predicted octanol–water partition coefficient (Wildman–Crippen LogP) is 2.61. The third-order valence-corrected chi connectivity index (χ3v) is 2.47. The molecule has 2 N–H and O–H groups in total. The molecule has 0 saturated heterocycles. The van der Waals surface area contributed by atoms with Crippen LogP contribution in [0.5, 0.6) is 0 Å². The fourth-order valence-corrected chi connectivity index (χ4v) is 1.73. The molecule has 0 aliphatic heterocycles. The maximum Gasteiger partial charge on any atom is 0.273 e. The molecular formula is C12H18N2O2. The summed E-state index contributed by atoms with van der Waals surface area (Å²) in [5.41, 5.74) is 7.58. The molecule has 1 atom stereocenters. The Morgan fingerprint density at radius 1 is 1.38 bits per heavy atom. The summed E-state index contributed by atoms with van der Waals surface area (Å²) in [6.07, 6.45) is 0.666. The summed E-state index contributed by atoms with van der Waals surface area (Å²) in [6.45, 7) is 5.79. The van der Waals surface area contributed by atoms with Crippen LogP contribution in [0.2, 0.25) is 0 Å². The lowest BCUT2D eigenvalue weighted by molar-refractivity contribution is -0.385. The van der Waals surface area contributed by atoms with Crippen LogP contribution in [0.25, 0.3) is 0 Å². The Bertz CT molecular complexity index is 387. The molecule has 0 bridgehead atoms. The van der Waals surface area contributed by atoms with Gasteiger partial charge < -0.3 is 5.73 Å². The first kappa shape index (κ1) is 12.6. The number of benzene rings is 1. The van der Waals surface area contributed by atoms with E-state index in [2.05, 4.69) is 0 Å². The van der Waals surface area contributed by atoms with Gasteiger partial charge in [-0.15, -0.1) is 0 Å². The predicted molar refractivity (Wildman–Crippen MR) is 64.5 cm³/mol. The van der Waals surface area contributed by atoms with Crippen molar-refractivity contribution in [3.05, 3.63) is 39.4 Å². The number of hydrogen-bond acceptors (Lipinski definition) is 3. The highest BCUT2D eigenvalue weighted by Crippen LogP contribution is 2.27. The number of nitrogens with zero attached hydrogens (tertiary/aromatic N) is 1. The second kappa shape index (κ2) is 5.07. The summed E-state index contributed by atoms with van der Waals surface area (Å²) < 4.78 is 0. The minimum Gasteiger partial charge on any atom is -0.328 e. The minimum atomic E-state index is -0.319. The number of nitro benzene ring substituents is 1. The Labute approximate surface area is 95.6 Å². The van der Waals surface area contributed by atoms with Gasteiger partial charge in [0.05, 0.1) is 4.92 Å². The summed E-state index contributed by atoms with van der Waals surface area (Å²) in [5.74, 6) is 0.157. The molecular weight excluding hydrogens is 204 g/mol. The van der Waals surface area contributed by atoms with Crippen molar-refractivity contribution in [2.45, 2.75) is 39.2 Å². The SMILES string of the molecule is CC(N)Cc1ccc(C(C)C)c([N+](=O)[O-])c1. The van der Waals surface area contributed by atoms with E-state index in [1.165, 1.54) is 0 Å². The molecule has 16 heavy (non-hydrogen) atoms. The van der Waals surface area contributed by atoms with Gasteiger partial charge in [0.1, 0.15) is 0 Å². The highest BCUT2D eigenvalue weighted by atomic mass is 16.6. The van der Waals surface area contributed by atoms with E-state index in [-0.39, 0.29) is 22.6 Å². The summed E-state index contributed by atoms with van der Waals surface area (Å²) in [7, 11) is 0. The molecule has 1 unspecified atom stereocenters. The van der Waals surface area contributed by atoms with Crippen molar-refractivity contribution in [3.8, 4) is 0 Å². The minimum absolute atomic E-state index is 0.0181. The van der Waals surface area contributed by atoms with Crippen molar-refractivity contribution >= 4 is 5.69 Å². The van der Waals surface area contributed by atoms with E-state index < -0.39 is 0 Å². The Morgan fingerprint density at radius 3 is 2.44 bits per heavy atom. The summed E-state index contributed by atoms with van der Waals surface area (Å²) in [4.78, 5) is 10.6. The van der Waals surface area contributed by atoms with Crippen molar-refractivity contribution in [3.63, 3.8) is 0 Å². The molecule has 1 aromatic carbocycles. The van der Waals surface area contributed by atoms with Crippen molar-refractivity contribution in [2.75, 3.05) is 0 Å². The standard InChI is InChI=1S/C12H18N2O2/c1-8(2)11-5-4-10(6-9(3)13)7-12(11)14(15)16/h4-5,7-9H,6,13H2,1-3H3. The van der Waals surface area contributed by atoms with Crippen LogP contribution in [0.4, 0.5) is 5.69 Å². The third-order valence-electron chi connectivity index (χ3n) is 2.47. The molecule has 0 aliphatic rings. The van der Waals surface area contributed by atoms with E-state index in [9.17, 15) is 10.1 Å². The molecule has 0 saturated carbocycles. The van der Waals surface area contributed by atoms with Gasteiger partial charge in [0.25, 0.3) is 5.69 Å². The van der Waals surface area contributed by atoms with Gasteiger partial charge in [-0.25, -0.2) is 0 Å². The largest absolute Gasteiger partial charge is 0.328 e. The maximum absolute atomic E-state index is 10.9. The number of rotatable bonds is 4. The third kappa shape index (κ3) is 3.03. The molecule has 4 nitrogen and oxygen atoms in total. The summed E-state index contributed by atoms with van der Waals surface area (Å²) >= 11 is 0. The van der Waals surface area contributed by atoms with Crippen molar-refractivity contribution in [2.24, 2.45) is 5.73 Å². The van der Waals surface area contributed by atoms with E-state index in [4.69, 9.17) is 5.73 Å². The molecule has 0 heterocycles. The van der Waals surface area contributed by atoms with Crippen LogP contribution in [0.1, 0.15) is 37.8 Å². The molecule has 0 amide bonds. The molecule has 88 valence electrons. The van der Waals surface area contributed by atoms with Crippen molar-refractivity contribution < 1.29 is 4.92 Å². The molecule has 0 aliphatic carbocycles. The van der Waals surface area contributed by atoms with E-state index in [1.807, 2.05) is 32.9 Å². The zero-order valence-corrected chi connectivity index (χ0v) is 9.93. The lowest BCUT2D eigenvalue weighted by Gasteiger charge is -2.09. The molecule has 0 aromatic heterocycles. The van der Waals surface area contributed by atoms with E-state index in [0.717, 1.165) is 11.1 Å². The Morgan fingerprint density at radius 2 is 2.00 bits per heavy atom. The van der Waals surface area contributed by atoms with Gasteiger partial charge in [0.2, 0.25) is 0 Å². The van der Waals surface area contributed by atoms with Crippen LogP contribution in [0.3, 0.4) is 0 Å². The molecule has 0 fully saturated rings. The lowest BCUT2D eigenvalue weighted by Crippen LogP contribution is -2.17. The van der Waals surface area contributed by atoms with Crippen LogP contribution in [-0.2, 0) is 6.42 Å². The van der Waals surface area contributed by atoms with Crippen LogP contribution in [-0.4, -0.2) is 11.0 Å². The van der Waals surface area contributed by atoms with Crippen LogP contribution in [0, 0.1) is 10.1 Å². The highest BCUT2D eigenvalue weighted by Gasteiger charge is 2.17. The molecule has 4 heteroatoms.